The number of hydrogen-bond acceptors (Lipinski definition) is 6. The van der Waals surface area contributed by atoms with Crippen molar-refractivity contribution in [1.29, 1.82) is 0 Å². The maximum atomic E-state index is 13.2. The van der Waals surface area contributed by atoms with E-state index in [0.29, 0.717) is 56.4 Å². The molecule has 3 aromatic rings. The highest BCUT2D eigenvalue weighted by atomic mass is 16.5. The van der Waals surface area contributed by atoms with Gasteiger partial charge < -0.3 is 14.0 Å². The monoisotopic (exact) mass is 390 g/mol. The summed E-state index contributed by atoms with van der Waals surface area (Å²) in [5.74, 6) is 0.641. The predicted octanol–water partition coefficient (Wildman–Crippen LogP) is -0.564. The van der Waals surface area contributed by atoms with E-state index in [1.807, 2.05) is 17.7 Å². The van der Waals surface area contributed by atoms with Crippen LogP contribution in [0.25, 0.3) is 16.9 Å². The molecule has 0 spiro atoms. The van der Waals surface area contributed by atoms with Crippen molar-refractivity contribution < 1.29 is 9.47 Å². The Morgan fingerprint density at radius 2 is 1.89 bits per heavy atom. The van der Waals surface area contributed by atoms with Crippen LogP contribution >= 0.6 is 0 Å². The lowest BCUT2D eigenvalue weighted by atomic mass is 10.4. The van der Waals surface area contributed by atoms with Gasteiger partial charge in [0.1, 0.15) is 0 Å². The van der Waals surface area contributed by atoms with E-state index >= 15 is 0 Å². The molecule has 10 nitrogen and oxygen atoms in total. The first kappa shape index (κ1) is 18.9. The highest BCUT2D eigenvalue weighted by Gasteiger charge is 2.20. The average molecular weight is 390 g/mol. The quantitative estimate of drug-likeness (QED) is 0.561. The van der Waals surface area contributed by atoms with Gasteiger partial charge in [-0.2, -0.15) is 4.98 Å². The SMILES string of the molecule is COCCn1c(C)cn2c3c(=O)n(CCN4CCOCC4)c(=O)n(C)c3nc12. The molecule has 0 saturated carbocycles. The third kappa shape index (κ3) is 3.07. The molecule has 4 heterocycles. The van der Waals surface area contributed by atoms with Crippen LogP contribution in [0.1, 0.15) is 5.69 Å². The number of hydrogen-bond donors (Lipinski definition) is 0. The van der Waals surface area contributed by atoms with Gasteiger partial charge in [0.2, 0.25) is 5.78 Å². The Kier molecular flexibility index (Phi) is 5.09. The molecule has 28 heavy (non-hydrogen) atoms. The molecular weight excluding hydrogens is 364 g/mol. The molecule has 152 valence electrons. The molecular formula is C18H26N6O4. The van der Waals surface area contributed by atoms with E-state index < -0.39 is 0 Å². The normalized spacial score (nSPS) is 15.8. The summed E-state index contributed by atoms with van der Waals surface area (Å²) in [6, 6.07) is 0. The van der Waals surface area contributed by atoms with E-state index in [-0.39, 0.29) is 11.2 Å². The molecule has 1 aliphatic rings. The van der Waals surface area contributed by atoms with Gasteiger partial charge in [-0.15, -0.1) is 0 Å². The Morgan fingerprint density at radius 1 is 1.14 bits per heavy atom. The molecule has 0 unspecified atom stereocenters. The van der Waals surface area contributed by atoms with Gasteiger partial charge in [0, 0.05) is 58.8 Å². The van der Waals surface area contributed by atoms with Gasteiger partial charge in [-0.1, -0.05) is 0 Å². The van der Waals surface area contributed by atoms with Crippen molar-refractivity contribution in [3.63, 3.8) is 0 Å². The van der Waals surface area contributed by atoms with Gasteiger partial charge in [0.05, 0.1) is 19.8 Å². The second-order valence-electron chi connectivity index (χ2n) is 7.12. The lowest BCUT2D eigenvalue weighted by molar-refractivity contribution is 0.0361. The molecule has 0 atom stereocenters. The first-order valence-electron chi connectivity index (χ1n) is 9.49. The van der Waals surface area contributed by atoms with Crippen LogP contribution in [-0.2, 0) is 29.6 Å². The molecule has 4 rings (SSSR count). The van der Waals surface area contributed by atoms with Crippen molar-refractivity contribution in [2.45, 2.75) is 20.0 Å². The number of fused-ring (bicyclic) bond motifs is 3. The van der Waals surface area contributed by atoms with Crippen LogP contribution in [0.3, 0.4) is 0 Å². The zero-order valence-electron chi connectivity index (χ0n) is 16.6. The molecule has 1 aliphatic heterocycles. The van der Waals surface area contributed by atoms with Crippen LogP contribution in [0.4, 0.5) is 0 Å². The van der Waals surface area contributed by atoms with Crippen LogP contribution < -0.4 is 11.2 Å². The maximum absolute atomic E-state index is 13.2. The third-order valence-electron chi connectivity index (χ3n) is 5.40. The molecule has 0 aliphatic carbocycles. The molecule has 10 heteroatoms. The maximum Gasteiger partial charge on any atom is 0.332 e. The fraction of sp³-hybridized carbons (Fsp3) is 0.611. The summed E-state index contributed by atoms with van der Waals surface area (Å²) >= 11 is 0. The summed E-state index contributed by atoms with van der Waals surface area (Å²) in [4.78, 5) is 32.8. The van der Waals surface area contributed by atoms with Crippen molar-refractivity contribution >= 4 is 16.9 Å². The number of aryl methyl sites for hydroxylation is 2. The Labute approximate surface area is 161 Å². The van der Waals surface area contributed by atoms with Crippen molar-refractivity contribution in [3.8, 4) is 0 Å². The first-order chi connectivity index (χ1) is 13.5. The second kappa shape index (κ2) is 7.53. The van der Waals surface area contributed by atoms with Gasteiger partial charge in [-0.05, 0) is 6.92 Å². The molecule has 0 amide bonds. The topological polar surface area (TPSA) is 87.9 Å². The lowest BCUT2D eigenvalue weighted by Gasteiger charge is -2.26. The van der Waals surface area contributed by atoms with E-state index in [2.05, 4.69) is 9.88 Å². The number of aromatic nitrogens is 5. The smallest absolute Gasteiger partial charge is 0.332 e. The Hall–Kier alpha value is -2.43. The number of ether oxygens (including phenoxy) is 2. The van der Waals surface area contributed by atoms with E-state index in [1.54, 1.807) is 18.6 Å². The lowest BCUT2D eigenvalue weighted by Crippen LogP contribution is -2.44. The molecule has 1 fully saturated rings. The first-order valence-corrected chi connectivity index (χ1v) is 9.49. The predicted molar refractivity (Wildman–Crippen MR) is 104 cm³/mol. The summed E-state index contributed by atoms with van der Waals surface area (Å²) in [6.07, 6.45) is 1.89. The Morgan fingerprint density at radius 3 is 2.61 bits per heavy atom. The van der Waals surface area contributed by atoms with Gasteiger partial charge in [0.15, 0.2) is 11.2 Å². The van der Waals surface area contributed by atoms with Crippen LogP contribution in [-0.4, -0.2) is 74.6 Å². The summed E-state index contributed by atoms with van der Waals surface area (Å²) in [7, 11) is 3.31. The van der Waals surface area contributed by atoms with Gasteiger partial charge in [-0.3, -0.25) is 23.2 Å². The van der Waals surface area contributed by atoms with E-state index in [0.717, 1.165) is 18.8 Å². The van der Waals surface area contributed by atoms with Crippen LogP contribution in [0.15, 0.2) is 15.8 Å². The number of morpholine rings is 1. The van der Waals surface area contributed by atoms with Crippen LogP contribution in [0, 0.1) is 6.92 Å². The van der Waals surface area contributed by atoms with Gasteiger partial charge in [0.25, 0.3) is 5.56 Å². The zero-order valence-corrected chi connectivity index (χ0v) is 16.6. The average Bonchev–Trinajstić information content (AvgIpc) is 3.20. The molecule has 0 aromatic carbocycles. The second-order valence-corrected chi connectivity index (χ2v) is 7.12. The fourth-order valence-corrected chi connectivity index (χ4v) is 3.78. The number of methoxy groups -OCH3 is 1. The third-order valence-corrected chi connectivity index (χ3v) is 5.40. The highest BCUT2D eigenvalue weighted by molar-refractivity contribution is 5.75. The highest BCUT2D eigenvalue weighted by Crippen LogP contribution is 2.16. The van der Waals surface area contributed by atoms with Crippen molar-refractivity contribution in [1.82, 2.24) is 28.0 Å². The molecule has 3 aromatic heterocycles. The standard InChI is InChI=1S/C18H26N6O4/c1-13-12-24-14-15(19-17(24)22(13)8-9-27-3)20(2)18(26)23(16(14)25)5-4-21-6-10-28-11-7-21/h12H,4-11H2,1-3H3. The van der Waals surface area contributed by atoms with Crippen molar-refractivity contribution in [2.75, 3.05) is 46.6 Å². The summed E-state index contributed by atoms with van der Waals surface area (Å²) < 4.78 is 17.1. The largest absolute Gasteiger partial charge is 0.383 e. The fourth-order valence-electron chi connectivity index (χ4n) is 3.78. The molecule has 0 radical (unpaired) electrons. The molecule has 1 saturated heterocycles. The minimum atomic E-state index is -0.341. The zero-order chi connectivity index (χ0) is 19.8. The summed E-state index contributed by atoms with van der Waals surface area (Å²) in [6.45, 7) is 7.11. The van der Waals surface area contributed by atoms with E-state index in [1.165, 1.54) is 9.13 Å². The van der Waals surface area contributed by atoms with Crippen molar-refractivity contribution in [3.05, 3.63) is 32.7 Å². The van der Waals surface area contributed by atoms with Crippen LogP contribution in [0.5, 0.6) is 0 Å². The van der Waals surface area contributed by atoms with Gasteiger partial charge in [-0.25, -0.2) is 4.79 Å². The summed E-state index contributed by atoms with van der Waals surface area (Å²) in [5.41, 5.74) is 1.17. The van der Waals surface area contributed by atoms with Gasteiger partial charge >= 0.3 is 5.69 Å². The van der Waals surface area contributed by atoms with Crippen molar-refractivity contribution in [2.24, 2.45) is 7.05 Å². The van der Waals surface area contributed by atoms with Crippen LogP contribution in [0.2, 0.25) is 0 Å². The number of nitrogens with zero attached hydrogens (tertiary/aromatic N) is 6. The molecule has 0 bridgehead atoms. The Bertz CT molecular complexity index is 1120. The summed E-state index contributed by atoms with van der Waals surface area (Å²) in [5, 5.41) is 0. The van der Waals surface area contributed by atoms with E-state index in [4.69, 9.17) is 9.47 Å². The number of rotatable bonds is 6. The molecule has 0 N–H and O–H groups in total. The van der Waals surface area contributed by atoms with E-state index in [9.17, 15) is 9.59 Å². The Balaban J connectivity index is 1.80. The minimum Gasteiger partial charge on any atom is -0.383 e. The number of imidazole rings is 2. The minimum absolute atomic E-state index is 0.303.